The van der Waals surface area contributed by atoms with Crippen LogP contribution < -0.4 is 0 Å². The number of hydrogen-bond acceptors (Lipinski definition) is 5. The molecule has 0 spiro atoms. The summed E-state index contributed by atoms with van der Waals surface area (Å²) in [4.78, 5) is 3.71. The molecule has 0 radical (unpaired) electrons. The average Bonchev–Trinajstić information content (AvgIpc) is 2.43. The first-order valence-electron chi connectivity index (χ1n) is 6.27. The molecular weight excluding hydrogens is 307 g/mol. The van der Waals surface area contributed by atoms with Crippen molar-refractivity contribution in [1.82, 2.24) is 4.98 Å². The maximum absolute atomic E-state index is 12.4. The molecule has 0 saturated carbocycles. The highest BCUT2D eigenvalue weighted by Gasteiger charge is 2.30. The first kappa shape index (κ1) is 18.2. The van der Waals surface area contributed by atoms with E-state index >= 15 is 0 Å². The summed E-state index contributed by atoms with van der Waals surface area (Å²) < 4.78 is 47.3. The van der Waals surface area contributed by atoms with Gasteiger partial charge in [0.05, 0.1) is 36.0 Å². The zero-order valence-corrected chi connectivity index (χ0v) is 12.6. The monoisotopic (exact) mass is 325 g/mol. The van der Waals surface area contributed by atoms with Crippen molar-refractivity contribution in [3.05, 3.63) is 23.9 Å². The Kier molecular flexibility index (Phi) is 7.44. The number of hydrogen-bond donors (Lipinski definition) is 1. The van der Waals surface area contributed by atoms with Crippen LogP contribution in [0.25, 0.3) is 0 Å². The van der Waals surface area contributed by atoms with Crippen molar-refractivity contribution in [3.8, 4) is 0 Å². The maximum atomic E-state index is 12.4. The summed E-state index contributed by atoms with van der Waals surface area (Å²) in [6.45, 7) is 2.39. The van der Waals surface area contributed by atoms with Crippen LogP contribution in [-0.4, -0.2) is 48.4 Å². The largest absolute Gasteiger partial charge is 0.417 e. The predicted octanol–water partition coefficient (Wildman–Crippen LogP) is 2.60. The number of nitrogens with zero attached hydrogens (tertiary/aromatic N) is 1. The zero-order valence-electron chi connectivity index (χ0n) is 11.8. The zero-order chi connectivity index (χ0) is 15.9. The van der Waals surface area contributed by atoms with Gasteiger partial charge in [0, 0.05) is 19.1 Å². The second-order valence-electron chi connectivity index (χ2n) is 4.45. The van der Waals surface area contributed by atoms with Crippen LogP contribution >= 0.6 is 11.8 Å². The van der Waals surface area contributed by atoms with Gasteiger partial charge in [-0.1, -0.05) is 0 Å². The molecule has 0 aliphatic heterocycles. The molecule has 4 nitrogen and oxygen atoms in total. The molecule has 1 N–H and O–H groups in total. The van der Waals surface area contributed by atoms with E-state index in [0.29, 0.717) is 11.6 Å². The Bertz CT molecular complexity index is 414. The Hall–Kier alpha value is -0.830. The molecule has 1 aromatic rings. The number of alkyl halides is 3. The number of halogens is 3. The normalized spacial score (nSPS) is 15.0. The number of methoxy groups -OCH3 is 1. The van der Waals surface area contributed by atoms with Crippen molar-refractivity contribution in [2.45, 2.75) is 30.3 Å². The molecule has 21 heavy (non-hydrogen) atoms. The Balaban J connectivity index is 2.34. The summed E-state index contributed by atoms with van der Waals surface area (Å²) in [6.07, 6.45) is -4.45. The minimum atomic E-state index is -4.39. The summed E-state index contributed by atoms with van der Waals surface area (Å²) in [5.41, 5.74) is -0.788. The fourth-order valence-electron chi connectivity index (χ4n) is 1.42. The second kappa shape index (κ2) is 8.57. The van der Waals surface area contributed by atoms with Crippen LogP contribution in [0.1, 0.15) is 12.5 Å². The van der Waals surface area contributed by atoms with Gasteiger partial charge < -0.3 is 14.6 Å². The lowest BCUT2D eigenvalue weighted by Crippen LogP contribution is -2.24. The Morgan fingerprint density at radius 2 is 2.05 bits per heavy atom. The Morgan fingerprint density at radius 3 is 2.57 bits per heavy atom. The standard InChI is InChI=1S/C13H18F3NO3S/c1-9(6-19-2)20-7-11(18)8-21-12-4-3-10(5-17-12)13(14,15)16/h3-5,9,11,18H,6-8H2,1-2H3. The van der Waals surface area contributed by atoms with E-state index in [1.807, 2.05) is 6.92 Å². The molecule has 0 aromatic carbocycles. The molecule has 0 saturated heterocycles. The first-order valence-corrected chi connectivity index (χ1v) is 7.26. The highest BCUT2D eigenvalue weighted by molar-refractivity contribution is 7.99. The highest BCUT2D eigenvalue weighted by atomic mass is 32.2. The highest BCUT2D eigenvalue weighted by Crippen LogP contribution is 2.29. The molecule has 0 bridgehead atoms. The van der Waals surface area contributed by atoms with Crippen molar-refractivity contribution >= 4 is 11.8 Å². The fourth-order valence-corrected chi connectivity index (χ4v) is 2.17. The van der Waals surface area contributed by atoms with E-state index in [1.165, 1.54) is 17.8 Å². The maximum Gasteiger partial charge on any atom is 0.417 e. The predicted molar refractivity (Wildman–Crippen MR) is 73.3 cm³/mol. The van der Waals surface area contributed by atoms with Crippen LogP contribution in [-0.2, 0) is 15.7 Å². The number of aliphatic hydroxyl groups is 1. The van der Waals surface area contributed by atoms with E-state index in [2.05, 4.69) is 4.98 Å². The summed E-state index contributed by atoms with van der Waals surface area (Å²) >= 11 is 1.17. The quantitative estimate of drug-likeness (QED) is 0.745. The molecule has 120 valence electrons. The van der Waals surface area contributed by atoms with E-state index in [9.17, 15) is 18.3 Å². The first-order chi connectivity index (χ1) is 9.82. The molecule has 0 fully saturated rings. The molecule has 8 heteroatoms. The molecule has 1 heterocycles. The fraction of sp³-hybridized carbons (Fsp3) is 0.615. The van der Waals surface area contributed by atoms with Crippen molar-refractivity contribution in [1.29, 1.82) is 0 Å². The van der Waals surface area contributed by atoms with Crippen LogP contribution in [0.3, 0.4) is 0 Å². The molecule has 0 amide bonds. The molecule has 2 atom stereocenters. The van der Waals surface area contributed by atoms with Gasteiger partial charge in [0.2, 0.25) is 0 Å². The van der Waals surface area contributed by atoms with Crippen molar-refractivity contribution < 1.29 is 27.8 Å². The van der Waals surface area contributed by atoms with Gasteiger partial charge in [-0.15, -0.1) is 11.8 Å². The van der Waals surface area contributed by atoms with E-state index in [1.54, 1.807) is 7.11 Å². The lowest BCUT2D eigenvalue weighted by molar-refractivity contribution is -0.137. The molecular formula is C13H18F3NO3S. The van der Waals surface area contributed by atoms with Gasteiger partial charge in [-0.25, -0.2) is 4.98 Å². The van der Waals surface area contributed by atoms with Gasteiger partial charge in [0.15, 0.2) is 0 Å². The summed E-state index contributed by atoms with van der Waals surface area (Å²) in [5.74, 6) is 0.290. The minimum Gasteiger partial charge on any atom is -0.390 e. The summed E-state index contributed by atoms with van der Waals surface area (Å²) in [7, 11) is 1.56. The van der Waals surface area contributed by atoms with E-state index in [4.69, 9.17) is 9.47 Å². The van der Waals surface area contributed by atoms with Gasteiger partial charge in [0.25, 0.3) is 0 Å². The molecule has 1 aromatic heterocycles. The van der Waals surface area contributed by atoms with Crippen LogP contribution in [0, 0.1) is 0 Å². The number of thioether (sulfide) groups is 1. The number of pyridine rings is 1. The molecule has 1 rings (SSSR count). The van der Waals surface area contributed by atoms with E-state index < -0.39 is 17.8 Å². The Morgan fingerprint density at radius 1 is 1.33 bits per heavy atom. The van der Waals surface area contributed by atoms with Crippen LogP contribution in [0.2, 0.25) is 0 Å². The third-order valence-corrected chi connectivity index (χ3v) is 3.55. The van der Waals surface area contributed by atoms with Crippen molar-refractivity contribution in [3.63, 3.8) is 0 Å². The number of aromatic nitrogens is 1. The van der Waals surface area contributed by atoms with Crippen LogP contribution in [0.4, 0.5) is 13.2 Å². The van der Waals surface area contributed by atoms with Gasteiger partial charge in [0.1, 0.15) is 0 Å². The average molecular weight is 325 g/mol. The van der Waals surface area contributed by atoms with Gasteiger partial charge in [-0.2, -0.15) is 13.2 Å². The third kappa shape index (κ3) is 7.12. The van der Waals surface area contributed by atoms with Gasteiger partial charge in [-0.3, -0.25) is 0 Å². The second-order valence-corrected chi connectivity index (χ2v) is 5.49. The Labute approximate surface area is 125 Å². The van der Waals surface area contributed by atoms with E-state index in [-0.39, 0.29) is 18.5 Å². The third-order valence-electron chi connectivity index (χ3n) is 2.46. The van der Waals surface area contributed by atoms with Crippen molar-refractivity contribution in [2.75, 3.05) is 26.1 Å². The lowest BCUT2D eigenvalue weighted by Gasteiger charge is -2.15. The number of rotatable bonds is 8. The number of ether oxygens (including phenoxy) is 2. The molecule has 0 aliphatic rings. The molecule has 0 aliphatic carbocycles. The smallest absolute Gasteiger partial charge is 0.390 e. The molecule has 2 unspecified atom stereocenters. The summed E-state index contributed by atoms with van der Waals surface area (Å²) in [6, 6.07) is 2.26. The SMILES string of the molecule is COCC(C)OCC(O)CSc1ccc(C(F)(F)F)cn1. The minimum absolute atomic E-state index is 0.126. The van der Waals surface area contributed by atoms with Gasteiger partial charge in [-0.05, 0) is 19.1 Å². The number of aliphatic hydroxyl groups excluding tert-OH is 1. The topological polar surface area (TPSA) is 51.6 Å². The summed E-state index contributed by atoms with van der Waals surface area (Å²) in [5, 5.41) is 10.1. The van der Waals surface area contributed by atoms with Crippen LogP contribution in [0.5, 0.6) is 0 Å². The van der Waals surface area contributed by atoms with Crippen molar-refractivity contribution in [2.24, 2.45) is 0 Å². The van der Waals surface area contributed by atoms with Gasteiger partial charge >= 0.3 is 6.18 Å². The van der Waals surface area contributed by atoms with E-state index in [0.717, 1.165) is 12.3 Å². The lowest BCUT2D eigenvalue weighted by atomic mass is 10.3. The van der Waals surface area contributed by atoms with Crippen LogP contribution in [0.15, 0.2) is 23.4 Å².